The fraction of sp³-hybridized carbons (Fsp3) is 0.143. The summed E-state index contributed by atoms with van der Waals surface area (Å²) in [5.41, 5.74) is 1.11. The van der Waals surface area contributed by atoms with E-state index in [1.807, 2.05) is 12.1 Å². The zero-order chi connectivity index (χ0) is 13.8. The Bertz CT molecular complexity index is 587. The van der Waals surface area contributed by atoms with Gasteiger partial charge in [-0.2, -0.15) is 0 Å². The van der Waals surface area contributed by atoms with Crippen LogP contribution in [0.3, 0.4) is 0 Å². The lowest BCUT2D eigenvalue weighted by Gasteiger charge is -2.17. The van der Waals surface area contributed by atoms with Crippen LogP contribution in [-0.4, -0.2) is 27.9 Å². The first-order valence-corrected chi connectivity index (χ1v) is 6.08. The van der Waals surface area contributed by atoms with E-state index in [9.17, 15) is 9.90 Å². The maximum Gasteiger partial charge on any atom is 0.257 e. The second-order valence-electron chi connectivity index (χ2n) is 4.18. The van der Waals surface area contributed by atoms with E-state index in [0.717, 1.165) is 5.56 Å². The zero-order valence-corrected chi connectivity index (χ0v) is 11.1. The predicted molar refractivity (Wildman–Crippen MR) is 73.2 cm³/mol. The highest BCUT2D eigenvalue weighted by atomic mass is 35.5. The number of carbonyl (C=O) groups excluding carboxylic acids is 1. The highest BCUT2D eigenvalue weighted by Gasteiger charge is 2.16. The Morgan fingerprint density at radius 2 is 2.21 bits per heavy atom. The fourth-order valence-corrected chi connectivity index (χ4v) is 1.89. The normalized spacial score (nSPS) is 10.2. The average Bonchev–Trinajstić information content (AvgIpc) is 2.42. The number of benzene rings is 1. The van der Waals surface area contributed by atoms with Gasteiger partial charge in [0, 0.05) is 31.0 Å². The molecule has 0 aliphatic carbocycles. The van der Waals surface area contributed by atoms with Gasteiger partial charge in [-0.1, -0.05) is 17.7 Å². The Morgan fingerprint density at radius 1 is 1.42 bits per heavy atom. The van der Waals surface area contributed by atoms with Crippen LogP contribution < -0.4 is 0 Å². The largest absolute Gasteiger partial charge is 0.507 e. The van der Waals surface area contributed by atoms with Crippen molar-refractivity contribution in [1.29, 1.82) is 0 Å². The van der Waals surface area contributed by atoms with Crippen LogP contribution in [0.25, 0.3) is 0 Å². The second kappa shape index (κ2) is 5.71. The van der Waals surface area contributed by atoms with E-state index in [0.29, 0.717) is 11.6 Å². The molecule has 2 rings (SSSR count). The number of hydrogen-bond donors (Lipinski definition) is 1. The van der Waals surface area contributed by atoms with Crippen molar-refractivity contribution in [2.75, 3.05) is 7.05 Å². The van der Waals surface area contributed by atoms with E-state index in [-0.39, 0.29) is 17.2 Å². The summed E-state index contributed by atoms with van der Waals surface area (Å²) in [5, 5.41) is 10.1. The lowest BCUT2D eigenvalue weighted by Crippen LogP contribution is -2.26. The molecule has 0 bridgehead atoms. The molecule has 0 saturated carbocycles. The first-order valence-electron chi connectivity index (χ1n) is 5.71. The molecular formula is C14H13ClN2O2. The molecule has 0 radical (unpaired) electrons. The smallest absolute Gasteiger partial charge is 0.257 e. The van der Waals surface area contributed by atoms with Crippen molar-refractivity contribution >= 4 is 17.5 Å². The van der Waals surface area contributed by atoms with E-state index in [2.05, 4.69) is 4.98 Å². The van der Waals surface area contributed by atoms with Gasteiger partial charge >= 0.3 is 0 Å². The Kier molecular flexibility index (Phi) is 4.02. The summed E-state index contributed by atoms with van der Waals surface area (Å²) in [6.07, 6.45) is 3.37. The number of carbonyl (C=O) groups is 1. The average molecular weight is 277 g/mol. The van der Waals surface area contributed by atoms with Crippen LogP contribution in [0.1, 0.15) is 15.9 Å². The topological polar surface area (TPSA) is 53.4 Å². The highest BCUT2D eigenvalue weighted by Crippen LogP contribution is 2.23. The molecule has 5 heteroatoms. The van der Waals surface area contributed by atoms with Gasteiger partial charge in [-0.05, 0) is 29.8 Å². The van der Waals surface area contributed by atoms with Crippen LogP contribution in [0, 0.1) is 0 Å². The summed E-state index contributed by atoms with van der Waals surface area (Å²) >= 11 is 5.83. The molecule has 1 amide bonds. The summed E-state index contributed by atoms with van der Waals surface area (Å²) in [7, 11) is 1.66. The number of amides is 1. The van der Waals surface area contributed by atoms with Crippen molar-refractivity contribution < 1.29 is 9.90 Å². The molecule has 0 aliphatic heterocycles. The Morgan fingerprint density at radius 3 is 2.89 bits per heavy atom. The van der Waals surface area contributed by atoms with E-state index in [1.165, 1.54) is 23.1 Å². The van der Waals surface area contributed by atoms with Crippen molar-refractivity contribution in [1.82, 2.24) is 9.88 Å². The number of aromatic nitrogens is 1. The molecule has 0 unspecified atom stereocenters. The number of pyridine rings is 1. The lowest BCUT2D eigenvalue weighted by molar-refractivity contribution is 0.0782. The van der Waals surface area contributed by atoms with Gasteiger partial charge in [-0.15, -0.1) is 0 Å². The number of hydrogen-bond acceptors (Lipinski definition) is 3. The van der Waals surface area contributed by atoms with E-state index >= 15 is 0 Å². The third-order valence-electron chi connectivity index (χ3n) is 2.68. The maximum atomic E-state index is 12.2. The van der Waals surface area contributed by atoms with E-state index in [1.54, 1.807) is 19.4 Å². The summed E-state index contributed by atoms with van der Waals surface area (Å²) in [6, 6.07) is 8.10. The third-order valence-corrected chi connectivity index (χ3v) is 2.91. The number of nitrogens with zero attached hydrogens (tertiary/aromatic N) is 2. The predicted octanol–water partition coefficient (Wildman–Crippen LogP) is 2.71. The summed E-state index contributed by atoms with van der Waals surface area (Å²) in [4.78, 5) is 17.7. The van der Waals surface area contributed by atoms with Crippen LogP contribution in [0.15, 0.2) is 42.7 Å². The molecule has 1 aromatic heterocycles. The number of phenols is 1. The van der Waals surface area contributed by atoms with Crippen LogP contribution in [0.4, 0.5) is 0 Å². The van der Waals surface area contributed by atoms with Crippen molar-refractivity contribution in [3.05, 3.63) is 58.9 Å². The van der Waals surface area contributed by atoms with Gasteiger partial charge in [-0.3, -0.25) is 9.78 Å². The molecule has 0 saturated heterocycles. The molecule has 2 aromatic rings. The molecule has 0 aliphatic rings. The Hall–Kier alpha value is -2.07. The quantitative estimate of drug-likeness (QED) is 0.938. The van der Waals surface area contributed by atoms with Crippen molar-refractivity contribution in [3.63, 3.8) is 0 Å². The molecule has 4 nitrogen and oxygen atoms in total. The zero-order valence-electron chi connectivity index (χ0n) is 10.4. The molecule has 98 valence electrons. The molecular weight excluding hydrogens is 264 g/mol. The monoisotopic (exact) mass is 276 g/mol. The van der Waals surface area contributed by atoms with Gasteiger partial charge in [0.15, 0.2) is 0 Å². The van der Waals surface area contributed by atoms with E-state index in [4.69, 9.17) is 11.6 Å². The first-order chi connectivity index (χ1) is 9.08. The molecule has 1 aromatic carbocycles. The van der Waals surface area contributed by atoms with Crippen LogP contribution >= 0.6 is 11.6 Å². The summed E-state index contributed by atoms with van der Waals surface area (Å²) < 4.78 is 0. The Labute approximate surface area is 116 Å². The van der Waals surface area contributed by atoms with Gasteiger partial charge in [0.05, 0.1) is 5.56 Å². The van der Waals surface area contributed by atoms with Gasteiger partial charge < -0.3 is 10.0 Å². The van der Waals surface area contributed by atoms with Crippen molar-refractivity contribution in [3.8, 4) is 5.75 Å². The van der Waals surface area contributed by atoms with Crippen LogP contribution in [0.2, 0.25) is 5.02 Å². The Balaban J connectivity index is 2.17. The van der Waals surface area contributed by atoms with Gasteiger partial charge in [0.25, 0.3) is 5.91 Å². The number of rotatable bonds is 3. The third kappa shape index (κ3) is 3.23. The van der Waals surface area contributed by atoms with Crippen LogP contribution in [-0.2, 0) is 6.54 Å². The summed E-state index contributed by atoms with van der Waals surface area (Å²) in [6.45, 7) is 0.415. The number of phenolic OH excluding ortho intramolecular Hbond substituents is 1. The van der Waals surface area contributed by atoms with E-state index < -0.39 is 0 Å². The van der Waals surface area contributed by atoms with Gasteiger partial charge in [0.1, 0.15) is 5.75 Å². The minimum Gasteiger partial charge on any atom is -0.507 e. The SMILES string of the molecule is CN(Cc1cccnc1)C(=O)c1cc(Cl)ccc1O. The second-order valence-corrected chi connectivity index (χ2v) is 4.62. The molecule has 19 heavy (non-hydrogen) atoms. The van der Waals surface area contributed by atoms with Gasteiger partial charge in [0.2, 0.25) is 0 Å². The lowest BCUT2D eigenvalue weighted by atomic mass is 10.1. The first kappa shape index (κ1) is 13.4. The minimum absolute atomic E-state index is 0.0764. The van der Waals surface area contributed by atoms with Crippen LogP contribution in [0.5, 0.6) is 5.75 Å². The molecule has 0 fully saturated rings. The minimum atomic E-state index is -0.288. The van der Waals surface area contributed by atoms with Crippen molar-refractivity contribution in [2.45, 2.75) is 6.54 Å². The summed E-state index contributed by atoms with van der Waals surface area (Å²) in [5.74, 6) is -0.365. The molecule has 1 heterocycles. The van der Waals surface area contributed by atoms with Crippen molar-refractivity contribution in [2.24, 2.45) is 0 Å². The number of aromatic hydroxyl groups is 1. The standard InChI is InChI=1S/C14H13ClN2O2/c1-17(9-10-3-2-6-16-8-10)14(19)12-7-11(15)4-5-13(12)18/h2-8,18H,9H2,1H3. The molecule has 0 spiro atoms. The van der Waals surface area contributed by atoms with Gasteiger partial charge in [-0.25, -0.2) is 0 Å². The fourth-order valence-electron chi connectivity index (χ4n) is 1.72. The maximum absolute atomic E-state index is 12.2. The highest BCUT2D eigenvalue weighted by molar-refractivity contribution is 6.31. The molecule has 0 atom stereocenters. The number of halogens is 1. The molecule has 1 N–H and O–H groups in total.